The third kappa shape index (κ3) is 2.44. The predicted molar refractivity (Wildman–Crippen MR) is 108 cm³/mol. The number of fused-ring (bicyclic) bond motifs is 2. The lowest BCUT2D eigenvalue weighted by molar-refractivity contribution is -0.150. The fraction of sp³-hybridized carbons (Fsp3) is 0. The predicted octanol–water partition coefficient (Wildman–Crippen LogP) is 5.36. The summed E-state index contributed by atoms with van der Waals surface area (Å²) in [6, 6.07) is 26.4. The van der Waals surface area contributed by atoms with Crippen molar-refractivity contribution in [2.45, 2.75) is 0 Å². The Morgan fingerprint density at radius 2 is 0.815 bits per heavy atom. The first-order valence-corrected chi connectivity index (χ1v) is 8.70. The van der Waals surface area contributed by atoms with Crippen molar-refractivity contribution in [1.82, 2.24) is 0 Å². The van der Waals surface area contributed by atoms with Gasteiger partial charge in [-0.15, -0.1) is 0 Å². The van der Waals surface area contributed by atoms with Gasteiger partial charge >= 0.3 is 11.9 Å². The molecule has 27 heavy (non-hydrogen) atoms. The maximum Gasteiger partial charge on any atom is 0.338 e. The number of benzene rings is 5. The highest BCUT2D eigenvalue weighted by molar-refractivity contribution is 6.32. The van der Waals surface area contributed by atoms with Crippen molar-refractivity contribution in [3.8, 4) is 0 Å². The van der Waals surface area contributed by atoms with Crippen LogP contribution in [-0.2, 0) is 14.3 Å². The maximum absolute atomic E-state index is 9.92. The molecule has 0 fully saturated rings. The number of hydrogen-bond donors (Lipinski definition) is 0. The summed E-state index contributed by atoms with van der Waals surface area (Å²) in [4.78, 5) is 19.8. The van der Waals surface area contributed by atoms with Crippen LogP contribution in [0.25, 0.3) is 43.1 Å². The van der Waals surface area contributed by atoms with Crippen LogP contribution < -0.4 is 0 Å². The van der Waals surface area contributed by atoms with E-state index in [-0.39, 0.29) is 0 Å². The molecule has 6 rings (SSSR count). The van der Waals surface area contributed by atoms with Crippen molar-refractivity contribution in [3.63, 3.8) is 0 Å². The van der Waals surface area contributed by atoms with E-state index in [2.05, 4.69) is 77.5 Å². The first kappa shape index (κ1) is 15.5. The zero-order valence-corrected chi connectivity index (χ0v) is 14.3. The molecular formula is C24H14O3. The summed E-state index contributed by atoms with van der Waals surface area (Å²) in [5.74, 6) is -1.16. The van der Waals surface area contributed by atoms with Gasteiger partial charge in [0.25, 0.3) is 0 Å². The van der Waals surface area contributed by atoms with Gasteiger partial charge in [-0.2, -0.15) is 0 Å². The lowest BCUT2D eigenvalue weighted by Crippen LogP contribution is -1.96. The molecule has 128 valence electrons. The number of esters is 2. The molecule has 0 atom stereocenters. The van der Waals surface area contributed by atoms with Gasteiger partial charge in [0, 0.05) is 12.2 Å². The van der Waals surface area contributed by atoms with Crippen LogP contribution >= 0.6 is 0 Å². The molecule has 0 spiro atoms. The zero-order valence-electron chi connectivity index (χ0n) is 14.3. The van der Waals surface area contributed by atoms with Crippen molar-refractivity contribution in [1.29, 1.82) is 0 Å². The third-order valence-corrected chi connectivity index (χ3v) is 4.95. The number of rotatable bonds is 0. The molecule has 0 unspecified atom stereocenters. The summed E-state index contributed by atoms with van der Waals surface area (Å²) < 4.78 is 3.97. The van der Waals surface area contributed by atoms with E-state index in [9.17, 15) is 9.59 Å². The minimum absolute atomic E-state index is 0.579. The second-order valence-corrected chi connectivity index (χ2v) is 6.49. The van der Waals surface area contributed by atoms with E-state index in [0.29, 0.717) is 0 Å². The topological polar surface area (TPSA) is 43.4 Å². The second kappa shape index (κ2) is 5.92. The standard InChI is InChI=1S/C20H12.C4H2O3/c1-5-13-6-2-11-17-18-12-4-8-14-7-3-10-16(20(14)18)15(9-1)19(13)17;5-3-1-2-4(6)7-3/h1-12H;1-2H. The van der Waals surface area contributed by atoms with Crippen molar-refractivity contribution < 1.29 is 14.3 Å². The van der Waals surface area contributed by atoms with Gasteiger partial charge in [-0.25, -0.2) is 9.59 Å². The van der Waals surface area contributed by atoms with Crippen molar-refractivity contribution in [3.05, 3.63) is 84.9 Å². The Morgan fingerprint density at radius 1 is 0.481 bits per heavy atom. The third-order valence-electron chi connectivity index (χ3n) is 4.95. The highest BCUT2D eigenvalue weighted by atomic mass is 16.6. The monoisotopic (exact) mass is 350 g/mol. The molecule has 5 aromatic rings. The Labute approximate surface area is 154 Å². The summed E-state index contributed by atoms with van der Waals surface area (Å²) in [7, 11) is 0. The first-order chi connectivity index (χ1) is 13.2. The van der Waals surface area contributed by atoms with Gasteiger partial charge in [0.1, 0.15) is 0 Å². The van der Waals surface area contributed by atoms with Gasteiger partial charge in [0.05, 0.1) is 0 Å². The molecule has 1 heterocycles. The van der Waals surface area contributed by atoms with E-state index in [1.54, 1.807) is 0 Å². The van der Waals surface area contributed by atoms with Gasteiger partial charge in [0.15, 0.2) is 0 Å². The van der Waals surface area contributed by atoms with E-state index in [1.807, 2.05) is 0 Å². The fourth-order valence-electron chi connectivity index (χ4n) is 3.88. The quantitative estimate of drug-likeness (QED) is 0.163. The van der Waals surface area contributed by atoms with Crippen LogP contribution in [0.4, 0.5) is 0 Å². The van der Waals surface area contributed by atoms with E-state index in [4.69, 9.17) is 0 Å². The highest BCUT2D eigenvalue weighted by Gasteiger charge is 2.11. The number of carbonyl (C=O) groups is 2. The molecular weight excluding hydrogens is 336 g/mol. The van der Waals surface area contributed by atoms with Gasteiger partial charge in [0.2, 0.25) is 0 Å². The molecule has 0 amide bonds. The Bertz CT molecular complexity index is 1190. The summed E-state index contributed by atoms with van der Waals surface area (Å²) >= 11 is 0. The Hall–Kier alpha value is -3.72. The molecule has 1 aliphatic heterocycles. The van der Waals surface area contributed by atoms with E-state index in [0.717, 1.165) is 12.2 Å². The molecule has 0 bridgehead atoms. The van der Waals surface area contributed by atoms with Gasteiger partial charge in [-0.3, -0.25) is 0 Å². The molecule has 1 aliphatic rings. The van der Waals surface area contributed by atoms with Crippen molar-refractivity contribution >= 4 is 55.0 Å². The van der Waals surface area contributed by atoms with Crippen LogP contribution in [0.3, 0.4) is 0 Å². The number of ether oxygens (including phenoxy) is 1. The molecule has 3 heteroatoms. The maximum atomic E-state index is 9.92. The molecule has 0 radical (unpaired) electrons. The van der Waals surface area contributed by atoms with Crippen LogP contribution in [0.15, 0.2) is 84.9 Å². The van der Waals surface area contributed by atoms with Crippen LogP contribution in [0.1, 0.15) is 0 Å². The van der Waals surface area contributed by atoms with Crippen molar-refractivity contribution in [2.24, 2.45) is 0 Å². The minimum Gasteiger partial charge on any atom is -0.387 e. The van der Waals surface area contributed by atoms with Crippen LogP contribution in [-0.4, -0.2) is 11.9 Å². The summed E-state index contributed by atoms with van der Waals surface area (Å²) in [6.07, 6.45) is 2.17. The number of carbonyl (C=O) groups excluding carboxylic acids is 2. The lowest BCUT2D eigenvalue weighted by Gasteiger charge is -2.13. The van der Waals surface area contributed by atoms with Gasteiger partial charge < -0.3 is 4.74 Å². The fourth-order valence-corrected chi connectivity index (χ4v) is 3.88. The van der Waals surface area contributed by atoms with E-state index in [1.165, 1.54) is 43.1 Å². The lowest BCUT2D eigenvalue weighted by atomic mass is 9.90. The Morgan fingerprint density at radius 3 is 1.07 bits per heavy atom. The Kier molecular flexibility index (Phi) is 3.41. The molecule has 5 aromatic carbocycles. The smallest absolute Gasteiger partial charge is 0.338 e. The average molecular weight is 350 g/mol. The van der Waals surface area contributed by atoms with Crippen molar-refractivity contribution in [2.75, 3.05) is 0 Å². The molecule has 0 saturated heterocycles. The van der Waals surface area contributed by atoms with Crippen LogP contribution in [0.5, 0.6) is 0 Å². The van der Waals surface area contributed by atoms with E-state index < -0.39 is 11.9 Å². The van der Waals surface area contributed by atoms with Gasteiger partial charge in [-0.1, -0.05) is 72.8 Å². The number of hydrogen-bond acceptors (Lipinski definition) is 3. The summed E-state index contributed by atoms with van der Waals surface area (Å²) in [5.41, 5.74) is 0. The van der Waals surface area contributed by atoms with Crippen LogP contribution in [0.2, 0.25) is 0 Å². The molecule has 0 aliphatic carbocycles. The van der Waals surface area contributed by atoms with E-state index >= 15 is 0 Å². The average Bonchev–Trinajstić information content (AvgIpc) is 3.09. The van der Waals surface area contributed by atoms with Gasteiger partial charge in [-0.05, 0) is 43.1 Å². The minimum atomic E-state index is -0.579. The summed E-state index contributed by atoms with van der Waals surface area (Å²) in [6.45, 7) is 0. The highest BCUT2D eigenvalue weighted by Crippen LogP contribution is 2.39. The molecule has 3 nitrogen and oxygen atoms in total. The molecule has 0 aromatic heterocycles. The SMILES string of the molecule is O=C1C=CC(=O)O1.c1cc2cccc3c4cccc5cccc(c(c1)c23)c54. The normalized spacial score (nSPS) is 13.5. The first-order valence-electron chi connectivity index (χ1n) is 8.70. The number of cyclic esters (lactones) is 2. The Balaban J connectivity index is 0.000000195. The molecule has 0 saturated carbocycles. The largest absolute Gasteiger partial charge is 0.387 e. The second-order valence-electron chi connectivity index (χ2n) is 6.49. The summed E-state index contributed by atoms with van der Waals surface area (Å²) in [5, 5.41) is 10.9. The van der Waals surface area contributed by atoms with Crippen LogP contribution in [0, 0.1) is 0 Å². The zero-order chi connectivity index (χ0) is 18.4. The molecule has 0 N–H and O–H groups in total.